The molecule has 5 heterocycles. The van der Waals surface area contributed by atoms with Gasteiger partial charge in [0.15, 0.2) is 11.5 Å². The van der Waals surface area contributed by atoms with Gasteiger partial charge >= 0.3 is 0 Å². The maximum atomic E-state index is 14.3. The molecule has 2 N–H and O–H groups in total. The third-order valence-corrected chi connectivity index (χ3v) is 6.83. The number of hydrogen-bond donors (Lipinski definition) is 2. The highest BCUT2D eigenvalue weighted by atomic mass is 32.1. The Kier molecular flexibility index (Phi) is 4.79. The van der Waals surface area contributed by atoms with Crippen molar-refractivity contribution in [3.8, 4) is 0 Å². The van der Waals surface area contributed by atoms with Crippen LogP contribution in [-0.2, 0) is 0 Å². The summed E-state index contributed by atoms with van der Waals surface area (Å²) >= 11 is 1.36. The van der Waals surface area contributed by atoms with Crippen LogP contribution in [0.4, 0.5) is 10.1 Å². The van der Waals surface area contributed by atoms with E-state index < -0.39 is 5.82 Å². The van der Waals surface area contributed by atoms with Gasteiger partial charge in [0.25, 0.3) is 5.91 Å². The van der Waals surface area contributed by atoms with Gasteiger partial charge in [-0.2, -0.15) is 0 Å². The molecule has 31 heavy (non-hydrogen) atoms. The minimum Gasteiger partial charge on any atom is -0.320 e. The summed E-state index contributed by atoms with van der Waals surface area (Å²) in [6, 6.07) is 7.25. The Hall–Kier alpha value is -2.84. The van der Waals surface area contributed by atoms with Crippen LogP contribution in [0.5, 0.6) is 0 Å². The molecule has 0 aliphatic carbocycles. The molecule has 1 aliphatic rings. The zero-order valence-corrected chi connectivity index (χ0v) is 18.5. The number of amides is 1. The zero-order chi connectivity index (χ0) is 21.8. The van der Waals surface area contributed by atoms with Crippen LogP contribution in [0.2, 0.25) is 0 Å². The molecular weight excluding hydrogens is 413 g/mol. The molecule has 4 aromatic rings. The Labute approximate surface area is 183 Å². The number of nitrogens with one attached hydrogen (secondary N) is 2. The molecule has 1 aliphatic heterocycles. The highest BCUT2D eigenvalue weighted by Crippen LogP contribution is 2.34. The van der Waals surface area contributed by atoms with Crippen molar-refractivity contribution in [1.29, 1.82) is 0 Å². The number of pyridine rings is 2. The van der Waals surface area contributed by atoms with E-state index in [0.29, 0.717) is 22.2 Å². The number of nitrogens with zero attached hydrogens (tertiary/aromatic N) is 3. The first-order valence-corrected chi connectivity index (χ1v) is 11.2. The molecular formula is C23H24FN5OS. The van der Waals surface area contributed by atoms with Crippen molar-refractivity contribution in [2.75, 3.05) is 11.9 Å². The molecule has 1 atom stereocenters. The Morgan fingerprint density at radius 3 is 2.94 bits per heavy atom. The topological polar surface area (TPSA) is 71.3 Å². The summed E-state index contributed by atoms with van der Waals surface area (Å²) in [7, 11) is 0. The highest BCUT2D eigenvalue weighted by Gasteiger charge is 2.29. The first-order valence-electron chi connectivity index (χ1n) is 10.4. The number of thiophene rings is 1. The molecule has 0 bridgehead atoms. The molecule has 1 amide bonds. The summed E-state index contributed by atoms with van der Waals surface area (Å²) in [5, 5.41) is 7.28. The van der Waals surface area contributed by atoms with E-state index >= 15 is 0 Å². The minimum atomic E-state index is -0.474. The fourth-order valence-electron chi connectivity index (χ4n) is 4.34. The second-order valence-corrected chi connectivity index (χ2v) is 9.92. The van der Waals surface area contributed by atoms with Gasteiger partial charge in [-0.05, 0) is 52.3 Å². The van der Waals surface area contributed by atoms with Gasteiger partial charge < -0.3 is 15.0 Å². The number of fused-ring (bicyclic) bond motifs is 2. The maximum Gasteiger partial charge on any atom is 0.265 e. The van der Waals surface area contributed by atoms with E-state index in [1.54, 1.807) is 23.7 Å². The van der Waals surface area contributed by atoms with Crippen molar-refractivity contribution in [3.63, 3.8) is 0 Å². The number of aromatic nitrogens is 3. The molecule has 0 spiro atoms. The van der Waals surface area contributed by atoms with E-state index in [1.165, 1.54) is 17.4 Å². The van der Waals surface area contributed by atoms with E-state index in [-0.39, 0.29) is 17.1 Å². The molecule has 5 rings (SSSR count). The van der Waals surface area contributed by atoms with Gasteiger partial charge in [0.05, 0.1) is 16.3 Å². The molecule has 1 saturated heterocycles. The van der Waals surface area contributed by atoms with Gasteiger partial charge in [0.1, 0.15) is 4.83 Å². The first kappa shape index (κ1) is 20.1. The minimum absolute atomic E-state index is 0.101. The Bertz CT molecular complexity index is 1310. The summed E-state index contributed by atoms with van der Waals surface area (Å²) in [5.41, 5.74) is 2.53. The van der Waals surface area contributed by atoms with Crippen LogP contribution in [0.25, 0.3) is 15.9 Å². The smallest absolute Gasteiger partial charge is 0.265 e. The fraction of sp³-hybridized carbons (Fsp3) is 0.348. The van der Waals surface area contributed by atoms with Gasteiger partial charge in [-0.1, -0.05) is 6.07 Å². The van der Waals surface area contributed by atoms with Gasteiger partial charge in [0.2, 0.25) is 0 Å². The number of piperidine rings is 1. The molecule has 6 nitrogen and oxygen atoms in total. The Balaban J connectivity index is 1.39. The van der Waals surface area contributed by atoms with Crippen LogP contribution in [0.15, 0.2) is 36.7 Å². The first-order chi connectivity index (χ1) is 14.8. The molecule has 160 valence electrons. The summed E-state index contributed by atoms with van der Waals surface area (Å²) in [6.45, 7) is 7.22. The van der Waals surface area contributed by atoms with Crippen molar-refractivity contribution in [2.45, 2.75) is 45.1 Å². The summed E-state index contributed by atoms with van der Waals surface area (Å²) < 4.78 is 15.9. The molecule has 1 fully saturated rings. The van der Waals surface area contributed by atoms with Gasteiger partial charge in [-0.3, -0.25) is 4.79 Å². The number of carbonyl (C=O) groups excluding carboxylic acids is 1. The van der Waals surface area contributed by atoms with Crippen molar-refractivity contribution < 1.29 is 9.18 Å². The molecule has 0 radical (unpaired) electrons. The summed E-state index contributed by atoms with van der Waals surface area (Å²) in [4.78, 5) is 23.2. The van der Waals surface area contributed by atoms with Crippen molar-refractivity contribution in [3.05, 3.63) is 58.7 Å². The van der Waals surface area contributed by atoms with E-state index in [1.807, 2.05) is 12.1 Å². The molecule has 0 aromatic carbocycles. The predicted octanol–water partition coefficient (Wildman–Crippen LogP) is 4.89. The second-order valence-electron chi connectivity index (χ2n) is 8.89. The number of aryl methyl sites for hydroxylation is 1. The van der Waals surface area contributed by atoms with Crippen LogP contribution in [0.1, 0.15) is 53.7 Å². The number of hydrogen-bond acceptors (Lipinski definition) is 5. The molecule has 0 saturated carbocycles. The lowest BCUT2D eigenvalue weighted by molar-refractivity contribution is 0.103. The number of anilines is 1. The Morgan fingerprint density at radius 2 is 2.13 bits per heavy atom. The SMILES string of the molecule is Cc1cn2cc(NC(=O)c3cc4ccc(C5CCNC(C)(C)C5)nc4s3)cc(F)c2n1. The van der Waals surface area contributed by atoms with E-state index in [4.69, 9.17) is 4.98 Å². The van der Waals surface area contributed by atoms with Crippen LogP contribution in [0.3, 0.4) is 0 Å². The van der Waals surface area contributed by atoms with E-state index in [9.17, 15) is 9.18 Å². The Morgan fingerprint density at radius 1 is 1.29 bits per heavy atom. The van der Waals surface area contributed by atoms with Crippen LogP contribution < -0.4 is 10.6 Å². The van der Waals surface area contributed by atoms with Crippen molar-refractivity contribution in [2.24, 2.45) is 0 Å². The largest absolute Gasteiger partial charge is 0.320 e. The number of rotatable bonds is 3. The maximum absolute atomic E-state index is 14.3. The third-order valence-electron chi connectivity index (χ3n) is 5.78. The fourth-order valence-corrected chi connectivity index (χ4v) is 5.27. The average molecular weight is 438 g/mol. The lowest BCUT2D eigenvalue weighted by atomic mass is 9.82. The van der Waals surface area contributed by atoms with E-state index in [2.05, 4.69) is 35.5 Å². The zero-order valence-electron chi connectivity index (χ0n) is 17.7. The molecule has 1 unspecified atom stereocenters. The van der Waals surface area contributed by atoms with Gasteiger partial charge in [-0.25, -0.2) is 14.4 Å². The summed E-state index contributed by atoms with van der Waals surface area (Å²) in [6.07, 6.45) is 5.48. The number of halogens is 1. The van der Waals surface area contributed by atoms with Crippen LogP contribution in [-0.4, -0.2) is 32.4 Å². The monoisotopic (exact) mass is 437 g/mol. The van der Waals surface area contributed by atoms with Crippen LogP contribution >= 0.6 is 11.3 Å². The number of carbonyl (C=O) groups is 1. The molecule has 8 heteroatoms. The van der Waals surface area contributed by atoms with Crippen molar-refractivity contribution >= 4 is 38.8 Å². The normalized spacial score (nSPS) is 18.5. The summed E-state index contributed by atoms with van der Waals surface area (Å²) in [5.74, 6) is -0.338. The quantitative estimate of drug-likeness (QED) is 0.479. The molecule has 4 aromatic heterocycles. The highest BCUT2D eigenvalue weighted by molar-refractivity contribution is 7.20. The van der Waals surface area contributed by atoms with Crippen molar-refractivity contribution in [1.82, 2.24) is 19.7 Å². The lowest BCUT2D eigenvalue weighted by Crippen LogP contribution is -2.45. The van der Waals surface area contributed by atoms with Crippen LogP contribution in [0, 0.1) is 12.7 Å². The van der Waals surface area contributed by atoms with E-state index in [0.717, 1.165) is 35.3 Å². The standard InChI is InChI=1S/C23H24FN5OS/c1-13-11-29-12-16(9-17(24)20(29)26-13)27-21(30)19-8-14-4-5-18(28-22(14)31-19)15-6-7-25-23(2,3)10-15/h4-5,8-9,11-12,15,25H,6-7,10H2,1-3H3,(H,27,30). The second kappa shape index (κ2) is 7.39. The van der Waals surface area contributed by atoms with Gasteiger partial charge in [-0.15, -0.1) is 11.3 Å². The van der Waals surface area contributed by atoms with Gasteiger partial charge in [0, 0.05) is 41.0 Å². The average Bonchev–Trinajstić information content (AvgIpc) is 3.29. The third kappa shape index (κ3) is 3.93. The lowest BCUT2D eigenvalue weighted by Gasteiger charge is -2.36. The number of imidazole rings is 1. The predicted molar refractivity (Wildman–Crippen MR) is 122 cm³/mol.